The number of nitrogens with one attached hydrogen (secondary N) is 3. The Bertz CT molecular complexity index is 1940. The smallest absolute Gasteiger partial charge is 0.407 e. The molecule has 7 rings (SSSR count). The predicted octanol–water partition coefficient (Wildman–Crippen LogP) is 9.39. The monoisotopic (exact) mass is 888 g/mol. The third kappa shape index (κ3) is 13.9. The van der Waals surface area contributed by atoms with Crippen LogP contribution in [-0.4, -0.2) is 90.4 Å². The molecule has 350 valence electrons. The minimum Gasteiger partial charge on any atom is -0.450 e. The highest BCUT2D eigenvalue weighted by atomic mass is 16.5. The van der Waals surface area contributed by atoms with Crippen LogP contribution >= 0.6 is 0 Å². The summed E-state index contributed by atoms with van der Waals surface area (Å²) in [5, 5.41) is 9.38. The van der Waals surface area contributed by atoms with E-state index >= 15 is 0 Å². The molecule has 4 aliphatic rings. The number of carbonyl (C=O) groups excluding carboxylic acids is 5. The zero-order chi connectivity index (χ0) is 45.5. The summed E-state index contributed by atoms with van der Waals surface area (Å²) in [6, 6.07) is 26.9. The van der Waals surface area contributed by atoms with Crippen LogP contribution in [0.5, 0.6) is 0 Å². The van der Waals surface area contributed by atoms with Crippen LogP contribution in [0.3, 0.4) is 0 Å². The topological polar surface area (TPSA) is 137 Å². The molecule has 3 aromatic carbocycles. The van der Waals surface area contributed by atoms with Crippen molar-refractivity contribution in [1.29, 1.82) is 0 Å². The van der Waals surface area contributed by atoms with Crippen LogP contribution in [0.25, 0.3) is 0 Å². The molecule has 0 unspecified atom stereocenters. The van der Waals surface area contributed by atoms with Gasteiger partial charge in [0.05, 0.1) is 18.4 Å². The lowest BCUT2D eigenvalue weighted by atomic mass is 9.94. The predicted molar refractivity (Wildman–Crippen MR) is 254 cm³/mol. The number of carbonyl (C=O) groups is 5. The fraction of sp³-hybridized carbons (Fsp3) is 0.574. The summed E-state index contributed by atoms with van der Waals surface area (Å²) in [7, 11) is 0. The Balaban J connectivity index is 0.834. The first-order valence-electron chi connectivity index (χ1n) is 25.0. The average molecular weight is 888 g/mol. The molecular weight excluding hydrogens is 815 g/mol. The molecule has 0 bridgehead atoms. The van der Waals surface area contributed by atoms with E-state index in [9.17, 15) is 24.0 Å². The fourth-order valence-corrected chi connectivity index (χ4v) is 10.2. The first-order valence-corrected chi connectivity index (χ1v) is 25.0. The molecule has 0 radical (unpaired) electrons. The number of benzene rings is 3. The van der Waals surface area contributed by atoms with Gasteiger partial charge in [0.25, 0.3) is 11.8 Å². The normalized spacial score (nSPS) is 23.7. The van der Waals surface area contributed by atoms with Crippen molar-refractivity contribution in [3.8, 4) is 0 Å². The molecule has 2 saturated heterocycles. The molecule has 8 atom stereocenters. The van der Waals surface area contributed by atoms with Gasteiger partial charge in [0.2, 0.25) is 11.8 Å². The van der Waals surface area contributed by atoms with E-state index in [0.29, 0.717) is 30.8 Å². The average Bonchev–Trinajstić information content (AvgIpc) is 4.16. The molecule has 2 aliphatic carbocycles. The third-order valence-electron chi connectivity index (χ3n) is 14.2. The maximum Gasteiger partial charge on any atom is 0.407 e. The van der Waals surface area contributed by atoms with E-state index in [4.69, 9.17) is 4.74 Å². The maximum atomic E-state index is 14.0. The Morgan fingerprint density at radius 3 is 1.55 bits per heavy atom. The lowest BCUT2D eigenvalue weighted by Gasteiger charge is -2.20. The fourth-order valence-electron chi connectivity index (χ4n) is 10.2. The van der Waals surface area contributed by atoms with Gasteiger partial charge in [-0.3, -0.25) is 19.2 Å². The van der Waals surface area contributed by atoms with Crippen LogP contribution in [0.15, 0.2) is 84.9 Å². The zero-order valence-electron chi connectivity index (χ0n) is 38.9. The summed E-state index contributed by atoms with van der Waals surface area (Å²) in [6.45, 7) is 6.17. The van der Waals surface area contributed by atoms with Crippen molar-refractivity contribution in [2.75, 3.05) is 32.8 Å². The maximum absolute atomic E-state index is 14.0. The molecule has 2 heterocycles. The molecule has 2 aliphatic heterocycles. The summed E-state index contributed by atoms with van der Waals surface area (Å²) in [5.41, 5.74) is 3.27. The van der Waals surface area contributed by atoms with Crippen molar-refractivity contribution in [3.63, 3.8) is 0 Å². The number of amides is 5. The Hall–Kier alpha value is -5.19. The van der Waals surface area contributed by atoms with Gasteiger partial charge >= 0.3 is 6.09 Å². The lowest BCUT2D eigenvalue weighted by molar-refractivity contribution is -0.133. The summed E-state index contributed by atoms with van der Waals surface area (Å²) in [5.74, 6) is -1.37. The molecule has 3 N–H and O–H groups in total. The highest BCUT2D eigenvalue weighted by molar-refractivity contribution is 5.99. The Kier molecular flexibility index (Phi) is 17.5. The number of nitrogens with zero attached hydrogens (tertiary/aromatic N) is 2. The molecule has 5 amide bonds. The van der Waals surface area contributed by atoms with E-state index in [0.717, 1.165) is 38.5 Å². The number of hydrogen-bond donors (Lipinski definition) is 3. The molecular formula is C54H73N5O6. The van der Waals surface area contributed by atoms with Crippen molar-refractivity contribution < 1.29 is 28.7 Å². The molecule has 65 heavy (non-hydrogen) atoms. The van der Waals surface area contributed by atoms with Gasteiger partial charge in [0, 0.05) is 67.3 Å². The van der Waals surface area contributed by atoms with Gasteiger partial charge in [0.1, 0.15) is 0 Å². The molecule has 4 fully saturated rings. The van der Waals surface area contributed by atoms with Crippen molar-refractivity contribution in [2.24, 2.45) is 17.8 Å². The summed E-state index contributed by atoms with van der Waals surface area (Å²) in [6.07, 6.45) is 18.1. The van der Waals surface area contributed by atoms with E-state index in [1.165, 1.54) is 75.3 Å². The van der Waals surface area contributed by atoms with Gasteiger partial charge in [-0.2, -0.15) is 0 Å². The van der Waals surface area contributed by atoms with Crippen LogP contribution in [0.4, 0.5) is 4.79 Å². The van der Waals surface area contributed by atoms with Gasteiger partial charge in [-0.25, -0.2) is 4.79 Å². The van der Waals surface area contributed by atoms with E-state index < -0.39 is 11.8 Å². The number of rotatable bonds is 24. The molecule has 0 spiro atoms. The van der Waals surface area contributed by atoms with Gasteiger partial charge in [-0.1, -0.05) is 138 Å². The van der Waals surface area contributed by atoms with Crippen molar-refractivity contribution in [1.82, 2.24) is 25.8 Å². The van der Waals surface area contributed by atoms with Gasteiger partial charge < -0.3 is 30.5 Å². The van der Waals surface area contributed by atoms with Crippen LogP contribution in [0, 0.1) is 17.8 Å². The molecule has 11 heteroatoms. The quantitative estimate of drug-likeness (QED) is 0.0768. The first-order chi connectivity index (χ1) is 31.7. The second kappa shape index (κ2) is 23.8. The summed E-state index contributed by atoms with van der Waals surface area (Å²) in [4.78, 5) is 71.3. The Labute approximate surface area is 387 Å². The highest BCUT2D eigenvalue weighted by Crippen LogP contribution is 2.43. The summed E-state index contributed by atoms with van der Waals surface area (Å²) < 4.78 is 5.47. The third-order valence-corrected chi connectivity index (χ3v) is 14.2. The Morgan fingerprint density at radius 2 is 1.06 bits per heavy atom. The van der Waals surface area contributed by atoms with Gasteiger partial charge in [-0.05, 0) is 80.3 Å². The van der Waals surface area contributed by atoms with Crippen LogP contribution < -0.4 is 16.0 Å². The van der Waals surface area contributed by atoms with Crippen molar-refractivity contribution in [3.05, 3.63) is 107 Å². The minimum absolute atomic E-state index is 0.00255. The van der Waals surface area contributed by atoms with Crippen LogP contribution in [0.1, 0.15) is 160 Å². The van der Waals surface area contributed by atoms with Crippen LogP contribution in [-0.2, 0) is 14.3 Å². The number of unbranched alkanes of at least 4 members (excludes halogenated alkanes) is 11. The summed E-state index contributed by atoms with van der Waals surface area (Å²) >= 11 is 0. The molecule has 3 aromatic rings. The minimum atomic E-state index is -0.679. The molecule has 2 saturated carbocycles. The number of hydrogen-bond acceptors (Lipinski definition) is 6. The van der Waals surface area contributed by atoms with E-state index in [-0.39, 0.29) is 78.7 Å². The second-order valence-electron chi connectivity index (χ2n) is 19.4. The largest absolute Gasteiger partial charge is 0.450 e. The second-order valence-corrected chi connectivity index (χ2v) is 19.4. The van der Waals surface area contributed by atoms with E-state index in [1.807, 2.05) is 48.2 Å². The number of ether oxygens (including phenoxy) is 1. The lowest BCUT2D eigenvalue weighted by Crippen LogP contribution is -2.43. The number of likely N-dealkylation sites (tertiary alicyclic amines) is 2. The van der Waals surface area contributed by atoms with E-state index in [1.54, 1.807) is 29.2 Å². The van der Waals surface area contributed by atoms with Gasteiger partial charge in [-0.15, -0.1) is 0 Å². The van der Waals surface area contributed by atoms with Crippen LogP contribution in [0.2, 0.25) is 0 Å². The van der Waals surface area contributed by atoms with E-state index in [2.05, 4.69) is 47.1 Å². The highest BCUT2D eigenvalue weighted by Gasteiger charge is 2.49. The molecule has 11 nitrogen and oxygen atoms in total. The van der Waals surface area contributed by atoms with Crippen molar-refractivity contribution >= 4 is 29.7 Å². The zero-order valence-corrected chi connectivity index (χ0v) is 38.9. The molecule has 0 aromatic heterocycles. The SMILES string of the molecule is CCCCCCCCCCCCCCOC(=O)N[C@@H](C)C[C@@H]1CCN(C(=O)c2ccc(C(=O)N3C[C@@H](C(=O)N[C@H]4C[C@@H]4c4ccccc4)[C@H](C(=O)N[C@H]4C[C@@H]4c4ccccc4)C3)cc2)C1. The first kappa shape index (κ1) is 47.8. The van der Waals surface area contributed by atoms with Gasteiger partial charge in [0.15, 0.2) is 0 Å². The Morgan fingerprint density at radius 1 is 0.600 bits per heavy atom. The standard InChI is InChI=1S/C54H73N5O6/c1-3-4-5-6-7-8-9-10-11-12-13-20-31-65-54(64)55-38(2)32-39-29-30-58(35-39)52(62)42-25-27-43(28-26-42)53(63)59-36-46(50(60)56-48-33-44(48)40-21-16-14-17-22-40)47(37-59)51(61)57-49-34-45(49)41-23-18-15-19-24-41/h14-19,21-28,38-39,44-49H,3-13,20,29-37H2,1-2H3,(H,55,64)(H,56,60)(H,57,61)/t38-,39-,44+,45+,46+,47+,48-,49-/m0/s1. The van der Waals surface area contributed by atoms with Crippen molar-refractivity contribution in [2.45, 2.75) is 147 Å². The number of alkyl carbamates (subject to hydrolysis) is 1.